The number of benzene rings is 6. The highest BCUT2D eigenvalue weighted by Gasteiger charge is 2.16. The van der Waals surface area contributed by atoms with E-state index in [4.69, 9.17) is 14.4 Å². The van der Waals surface area contributed by atoms with Gasteiger partial charge >= 0.3 is 0 Å². The molecule has 0 radical (unpaired) electrons. The molecule has 9 rings (SSSR count). The molecule has 9 aromatic rings. The van der Waals surface area contributed by atoms with Gasteiger partial charge in [0.05, 0.1) is 11.4 Å². The quantitative estimate of drug-likeness (QED) is 0.208. The molecule has 0 atom stereocenters. The van der Waals surface area contributed by atoms with Crippen molar-refractivity contribution >= 4 is 53.4 Å². The predicted octanol–water partition coefficient (Wildman–Crippen LogP) is 11.4. The summed E-state index contributed by atoms with van der Waals surface area (Å²) in [4.78, 5) is 10.1. The third-order valence-corrected chi connectivity index (χ3v) is 9.52. The minimum Gasteiger partial charge on any atom is -0.456 e. The molecular weight excluding hydrogens is 557 g/mol. The number of para-hydroxylation sites is 1. The number of hydrogen-bond acceptors (Lipinski definition) is 4. The van der Waals surface area contributed by atoms with Crippen molar-refractivity contribution in [3.63, 3.8) is 0 Å². The first-order valence-electron chi connectivity index (χ1n) is 14.7. The normalized spacial score (nSPS) is 11.6. The molecule has 3 aromatic heterocycles. The fraction of sp³-hybridized carbons (Fsp3) is 0. The van der Waals surface area contributed by atoms with Gasteiger partial charge in [0.1, 0.15) is 11.2 Å². The standard InChI is InChI=1S/C40H24N2OS/c1-3-10-25(11-4-1)34-24-35(42-40(41-34)26-12-5-2-6-13-26)33-16-9-15-32-31-21-19-28(23-38(31)44-39(32)33)27-18-20-30-29-14-7-8-17-36(29)43-37(30)22-27/h1-24H. The van der Waals surface area contributed by atoms with Gasteiger partial charge in [-0.2, -0.15) is 0 Å². The highest BCUT2D eigenvalue weighted by molar-refractivity contribution is 7.26. The Morgan fingerprint density at radius 1 is 0.432 bits per heavy atom. The molecule has 0 amide bonds. The van der Waals surface area contributed by atoms with Crippen molar-refractivity contribution in [2.45, 2.75) is 0 Å². The lowest BCUT2D eigenvalue weighted by atomic mass is 10.0. The molecule has 0 spiro atoms. The molecule has 0 aliphatic heterocycles. The van der Waals surface area contributed by atoms with E-state index in [1.165, 1.54) is 25.7 Å². The van der Waals surface area contributed by atoms with Crippen LogP contribution < -0.4 is 0 Å². The molecule has 0 aliphatic rings. The van der Waals surface area contributed by atoms with Crippen LogP contribution in [0.1, 0.15) is 0 Å². The molecule has 0 unspecified atom stereocenters. The van der Waals surface area contributed by atoms with Crippen molar-refractivity contribution in [1.29, 1.82) is 0 Å². The summed E-state index contributed by atoms with van der Waals surface area (Å²) in [6, 6.07) is 50.7. The van der Waals surface area contributed by atoms with Crippen molar-refractivity contribution in [3.8, 4) is 45.0 Å². The van der Waals surface area contributed by atoms with E-state index in [-0.39, 0.29) is 0 Å². The Labute approximate surface area is 257 Å². The molecule has 0 saturated carbocycles. The lowest BCUT2D eigenvalue weighted by molar-refractivity contribution is 0.669. The zero-order valence-corrected chi connectivity index (χ0v) is 24.4. The number of rotatable bonds is 4. The second kappa shape index (κ2) is 10.0. The van der Waals surface area contributed by atoms with E-state index < -0.39 is 0 Å². The van der Waals surface area contributed by atoms with Gasteiger partial charge < -0.3 is 4.42 Å². The molecule has 206 valence electrons. The molecule has 3 nitrogen and oxygen atoms in total. The van der Waals surface area contributed by atoms with Crippen molar-refractivity contribution in [2.24, 2.45) is 0 Å². The lowest BCUT2D eigenvalue weighted by Crippen LogP contribution is -1.95. The molecule has 0 saturated heterocycles. The average molecular weight is 581 g/mol. The van der Waals surface area contributed by atoms with Crippen LogP contribution in [0.5, 0.6) is 0 Å². The largest absolute Gasteiger partial charge is 0.456 e. The van der Waals surface area contributed by atoms with Gasteiger partial charge in [0.2, 0.25) is 0 Å². The summed E-state index contributed by atoms with van der Waals surface area (Å²) < 4.78 is 8.66. The molecule has 0 N–H and O–H groups in total. The first-order valence-corrected chi connectivity index (χ1v) is 15.5. The first kappa shape index (κ1) is 25.0. The van der Waals surface area contributed by atoms with Crippen LogP contribution in [0.25, 0.3) is 87.1 Å². The Bertz CT molecular complexity index is 2440. The van der Waals surface area contributed by atoms with Gasteiger partial charge in [0.15, 0.2) is 5.82 Å². The van der Waals surface area contributed by atoms with E-state index in [0.29, 0.717) is 0 Å². The molecular formula is C40H24N2OS. The van der Waals surface area contributed by atoms with Crippen LogP contribution in [0, 0.1) is 0 Å². The van der Waals surface area contributed by atoms with E-state index in [1.54, 1.807) is 0 Å². The third kappa shape index (κ3) is 4.11. The zero-order valence-electron chi connectivity index (χ0n) is 23.6. The van der Waals surface area contributed by atoms with Gasteiger partial charge in [-0.15, -0.1) is 11.3 Å². The number of hydrogen-bond donors (Lipinski definition) is 0. The summed E-state index contributed by atoms with van der Waals surface area (Å²) in [5.74, 6) is 0.725. The Morgan fingerprint density at radius 2 is 1.09 bits per heavy atom. The van der Waals surface area contributed by atoms with E-state index in [2.05, 4.69) is 109 Å². The molecule has 6 aromatic carbocycles. The van der Waals surface area contributed by atoms with Crippen LogP contribution in [-0.2, 0) is 0 Å². The van der Waals surface area contributed by atoms with Crippen LogP contribution >= 0.6 is 11.3 Å². The topological polar surface area (TPSA) is 38.9 Å². The SMILES string of the molecule is c1ccc(-c2cc(-c3cccc4c3sc3cc(-c5ccc6c(c5)oc5ccccc56)ccc34)nc(-c3ccccc3)n2)cc1. The van der Waals surface area contributed by atoms with E-state index in [0.717, 1.165) is 61.4 Å². The fourth-order valence-corrected chi connectivity index (χ4v) is 7.41. The average Bonchev–Trinajstić information content (AvgIpc) is 3.66. The smallest absolute Gasteiger partial charge is 0.160 e. The van der Waals surface area contributed by atoms with Gasteiger partial charge in [-0.1, -0.05) is 115 Å². The highest BCUT2D eigenvalue weighted by atomic mass is 32.1. The summed E-state index contributed by atoms with van der Waals surface area (Å²) >= 11 is 1.82. The first-order chi connectivity index (χ1) is 21.8. The van der Waals surface area contributed by atoms with Crippen LogP contribution in [0.3, 0.4) is 0 Å². The number of furan rings is 1. The Hall–Kier alpha value is -5.58. The van der Waals surface area contributed by atoms with Gasteiger partial charge in [-0.05, 0) is 41.5 Å². The molecule has 0 aliphatic carbocycles. The summed E-state index contributed by atoms with van der Waals surface area (Å²) in [5, 5.41) is 4.78. The zero-order chi connectivity index (χ0) is 29.0. The van der Waals surface area contributed by atoms with Crippen molar-refractivity contribution < 1.29 is 4.42 Å². The van der Waals surface area contributed by atoms with Gasteiger partial charge in [0.25, 0.3) is 0 Å². The van der Waals surface area contributed by atoms with Crippen molar-refractivity contribution in [2.75, 3.05) is 0 Å². The second-order valence-corrected chi connectivity index (χ2v) is 12.1. The maximum Gasteiger partial charge on any atom is 0.160 e. The lowest BCUT2D eigenvalue weighted by Gasteiger charge is -2.10. The summed E-state index contributed by atoms with van der Waals surface area (Å²) in [6.07, 6.45) is 0. The van der Waals surface area contributed by atoms with Crippen molar-refractivity contribution in [3.05, 3.63) is 146 Å². The number of nitrogens with zero attached hydrogens (tertiary/aromatic N) is 2. The van der Waals surface area contributed by atoms with Crippen molar-refractivity contribution in [1.82, 2.24) is 9.97 Å². The number of aromatic nitrogens is 2. The van der Waals surface area contributed by atoms with E-state index in [1.807, 2.05) is 47.7 Å². The van der Waals surface area contributed by atoms with Crippen LogP contribution in [0.2, 0.25) is 0 Å². The molecule has 3 heterocycles. The molecule has 0 bridgehead atoms. The van der Waals surface area contributed by atoms with E-state index in [9.17, 15) is 0 Å². The monoisotopic (exact) mass is 580 g/mol. The number of fused-ring (bicyclic) bond motifs is 6. The highest BCUT2D eigenvalue weighted by Crippen LogP contribution is 2.42. The molecule has 44 heavy (non-hydrogen) atoms. The second-order valence-electron chi connectivity index (χ2n) is 11.0. The Morgan fingerprint density at radius 3 is 1.93 bits per heavy atom. The minimum absolute atomic E-state index is 0.725. The van der Waals surface area contributed by atoms with Crippen LogP contribution in [0.15, 0.2) is 150 Å². The van der Waals surface area contributed by atoms with Crippen LogP contribution in [-0.4, -0.2) is 9.97 Å². The third-order valence-electron chi connectivity index (χ3n) is 8.31. The summed E-state index contributed by atoms with van der Waals surface area (Å²) in [6.45, 7) is 0. The number of thiophene rings is 1. The molecule has 0 fully saturated rings. The summed E-state index contributed by atoms with van der Waals surface area (Å²) in [5.41, 5.74) is 9.17. The minimum atomic E-state index is 0.725. The maximum atomic E-state index is 6.19. The van der Waals surface area contributed by atoms with Gasteiger partial charge in [0, 0.05) is 47.6 Å². The maximum absolute atomic E-state index is 6.19. The summed E-state index contributed by atoms with van der Waals surface area (Å²) in [7, 11) is 0. The van der Waals surface area contributed by atoms with Gasteiger partial charge in [-0.25, -0.2) is 9.97 Å². The molecule has 4 heteroatoms. The predicted molar refractivity (Wildman–Crippen MR) is 184 cm³/mol. The Balaban J connectivity index is 1.20. The fourth-order valence-electron chi connectivity index (χ4n) is 6.14. The van der Waals surface area contributed by atoms with Gasteiger partial charge in [-0.3, -0.25) is 0 Å². The van der Waals surface area contributed by atoms with E-state index >= 15 is 0 Å². The van der Waals surface area contributed by atoms with Crippen LogP contribution in [0.4, 0.5) is 0 Å². The Kier molecular flexibility index (Phi) is 5.68.